The summed E-state index contributed by atoms with van der Waals surface area (Å²) in [4.78, 5) is 4.25. The van der Waals surface area contributed by atoms with E-state index < -0.39 is 20.0 Å². The molecule has 0 radical (unpaired) electrons. The van der Waals surface area contributed by atoms with Gasteiger partial charge in [-0.05, 0) is 25.0 Å². The van der Waals surface area contributed by atoms with Crippen molar-refractivity contribution in [3.63, 3.8) is 0 Å². The molecule has 0 bridgehead atoms. The van der Waals surface area contributed by atoms with Gasteiger partial charge in [-0.25, -0.2) is 30.8 Å². The van der Waals surface area contributed by atoms with Crippen LogP contribution in [0.4, 0.5) is 0 Å². The molecule has 2 heterocycles. The van der Waals surface area contributed by atoms with Crippen LogP contribution in [0, 0.1) is 0 Å². The maximum atomic E-state index is 12.6. The van der Waals surface area contributed by atoms with Gasteiger partial charge in [-0.3, -0.25) is 0 Å². The highest BCUT2D eigenvalue weighted by molar-refractivity contribution is 9.10. The van der Waals surface area contributed by atoms with Crippen molar-refractivity contribution in [2.75, 3.05) is 19.3 Å². The number of sulfonamides is 2. The van der Waals surface area contributed by atoms with Gasteiger partial charge in [-0.2, -0.15) is 0 Å². The summed E-state index contributed by atoms with van der Waals surface area (Å²) in [5.41, 5.74) is 0.848. The van der Waals surface area contributed by atoms with Crippen LogP contribution in [0.25, 0.3) is 10.6 Å². The normalized spacial score (nSPS) is 17.5. The van der Waals surface area contributed by atoms with Gasteiger partial charge in [0.1, 0.15) is 5.01 Å². The van der Waals surface area contributed by atoms with Gasteiger partial charge in [0, 0.05) is 34.5 Å². The Morgan fingerprint density at radius 3 is 2.35 bits per heavy atom. The maximum Gasteiger partial charge on any atom is 0.259 e. The van der Waals surface area contributed by atoms with E-state index in [1.807, 2.05) is 24.3 Å². The van der Waals surface area contributed by atoms with E-state index in [0.29, 0.717) is 30.9 Å². The molecule has 26 heavy (non-hydrogen) atoms. The lowest BCUT2D eigenvalue weighted by molar-refractivity contribution is 0.310. The van der Waals surface area contributed by atoms with Crippen molar-refractivity contribution in [1.29, 1.82) is 0 Å². The van der Waals surface area contributed by atoms with E-state index in [-0.39, 0.29) is 11.1 Å². The number of piperidine rings is 1. The van der Waals surface area contributed by atoms with E-state index in [1.54, 1.807) is 0 Å². The summed E-state index contributed by atoms with van der Waals surface area (Å²) in [6.07, 6.45) is 2.04. The van der Waals surface area contributed by atoms with Crippen molar-refractivity contribution >= 4 is 47.3 Å². The Labute approximate surface area is 165 Å². The Balaban J connectivity index is 1.69. The molecule has 1 N–H and O–H groups in total. The molecule has 0 saturated carbocycles. The highest BCUT2D eigenvalue weighted by Crippen LogP contribution is 2.27. The average molecular weight is 480 g/mol. The molecule has 1 aromatic carbocycles. The zero-order valence-electron chi connectivity index (χ0n) is 13.9. The zero-order valence-corrected chi connectivity index (χ0v) is 18.0. The van der Waals surface area contributed by atoms with Gasteiger partial charge in [-0.15, -0.1) is 11.3 Å². The molecular formula is C15H18BrN3O4S3. The molecule has 1 fully saturated rings. The van der Waals surface area contributed by atoms with Crippen molar-refractivity contribution in [2.24, 2.45) is 0 Å². The van der Waals surface area contributed by atoms with Gasteiger partial charge >= 0.3 is 0 Å². The van der Waals surface area contributed by atoms with Crippen LogP contribution in [0.1, 0.15) is 12.8 Å². The summed E-state index contributed by atoms with van der Waals surface area (Å²) in [6.45, 7) is 0.625. The minimum absolute atomic E-state index is 0.00837. The minimum atomic E-state index is -3.74. The smallest absolute Gasteiger partial charge is 0.223 e. The van der Waals surface area contributed by atoms with Crippen LogP contribution in [0.2, 0.25) is 0 Å². The van der Waals surface area contributed by atoms with Crippen LogP contribution in [0.15, 0.2) is 39.1 Å². The molecule has 1 aromatic heterocycles. The summed E-state index contributed by atoms with van der Waals surface area (Å²) in [5.74, 6) is 0. The lowest BCUT2D eigenvalue weighted by Crippen LogP contribution is -2.46. The molecule has 0 unspecified atom stereocenters. The third-order valence-corrected chi connectivity index (χ3v) is 8.37. The molecule has 0 spiro atoms. The number of halogens is 1. The molecule has 0 atom stereocenters. The van der Waals surface area contributed by atoms with Crippen molar-refractivity contribution in [3.05, 3.63) is 34.1 Å². The summed E-state index contributed by atoms with van der Waals surface area (Å²) in [6, 6.07) is 7.19. The van der Waals surface area contributed by atoms with Crippen LogP contribution in [0.5, 0.6) is 0 Å². The fraction of sp³-hybridized carbons (Fsp3) is 0.400. The third-order valence-electron chi connectivity index (χ3n) is 4.09. The van der Waals surface area contributed by atoms with E-state index >= 15 is 0 Å². The first kappa shape index (κ1) is 19.9. The van der Waals surface area contributed by atoms with Crippen LogP contribution >= 0.6 is 27.3 Å². The van der Waals surface area contributed by atoms with Gasteiger partial charge in [0.05, 0.1) is 6.26 Å². The number of rotatable bonds is 5. The van der Waals surface area contributed by atoms with Crippen molar-refractivity contribution in [3.8, 4) is 10.6 Å². The predicted molar refractivity (Wildman–Crippen MR) is 105 cm³/mol. The number of thiazole rings is 1. The number of nitrogens with one attached hydrogen (secondary N) is 1. The Morgan fingerprint density at radius 1 is 1.15 bits per heavy atom. The van der Waals surface area contributed by atoms with Crippen molar-refractivity contribution in [1.82, 2.24) is 14.0 Å². The maximum absolute atomic E-state index is 12.6. The monoisotopic (exact) mass is 479 g/mol. The number of aromatic nitrogens is 1. The first-order valence-electron chi connectivity index (χ1n) is 7.84. The van der Waals surface area contributed by atoms with E-state index in [0.717, 1.165) is 16.3 Å². The van der Waals surface area contributed by atoms with E-state index in [1.165, 1.54) is 21.0 Å². The van der Waals surface area contributed by atoms with Gasteiger partial charge in [0.25, 0.3) is 10.0 Å². The van der Waals surface area contributed by atoms with Gasteiger partial charge < -0.3 is 0 Å². The SMILES string of the molecule is CS(=O)(=O)N1CCC(NS(=O)(=O)c2csc(-c3ccc(Br)cc3)n2)CC1. The Hall–Kier alpha value is -0.850. The lowest BCUT2D eigenvalue weighted by Gasteiger charge is -2.30. The molecule has 7 nitrogen and oxygen atoms in total. The van der Waals surface area contributed by atoms with Gasteiger partial charge in [0.15, 0.2) is 5.03 Å². The minimum Gasteiger partial charge on any atom is -0.223 e. The summed E-state index contributed by atoms with van der Waals surface area (Å²) in [7, 11) is -6.97. The Bertz CT molecular complexity index is 979. The molecule has 11 heteroatoms. The highest BCUT2D eigenvalue weighted by atomic mass is 79.9. The van der Waals surface area contributed by atoms with E-state index in [9.17, 15) is 16.8 Å². The first-order valence-corrected chi connectivity index (χ1v) is 12.8. The standard InChI is InChI=1S/C15H18BrN3O4S3/c1-25(20,21)19-8-6-13(7-9-19)18-26(22,23)14-10-24-15(17-14)11-2-4-12(16)5-3-11/h2-5,10,13,18H,6-9H2,1H3. The summed E-state index contributed by atoms with van der Waals surface area (Å²) < 4.78 is 53.2. The molecule has 0 aliphatic carbocycles. The third kappa shape index (κ3) is 4.70. The van der Waals surface area contributed by atoms with E-state index in [4.69, 9.17) is 0 Å². The second kappa shape index (κ2) is 7.64. The average Bonchev–Trinajstić information content (AvgIpc) is 3.06. The van der Waals surface area contributed by atoms with Crippen LogP contribution in [-0.4, -0.2) is 51.5 Å². The van der Waals surface area contributed by atoms with Crippen molar-refractivity contribution < 1.29 is 16.8 Å². The number of hydrogen-bond donors (Lipinski definition) is 1. The zero-order chi connectivity index (χ0) is 18.9. The number of nitrogens with zero attached hydrogens (tertiary/aromatic N) is 2. The van der Waals surface area contributed by atoms with Crippen molar-refractivity contribution in [2.45, 2.75) is 23.9 Å². The summed E-state index contributed by atoms with van der Waals surface area (Å²) in [5, 5.41) is 2.14. The van der Waals surface area contributed by atoms with Gasteiger partial charge in [-0.1, -0.05) is 28.1 Å². The fourth-order valence-corrected chi connectivity index (χ4v) is 6.23. The second-order valence-corrected chi connectivity index (χ2v) is 11.5. The summed E-state index contributed by atoms with van der Waals surface area (Å²) >= 11 is 4.63. The van der Waals surface area contributed by atoms with Crippen LogP contribution in [0.3, 0.4) is 0 Å². The predicted octanol–water partition coefficient (Wildman–Crippen LogP) is 2.27. The second-order valence-electron chi connectivity index (χ2n) is 6.06. The number of hydrogen-bond acceptors (Lipinski definition) is 6. The molecule has 1 aliphatic rings. The van der Waals surface area contributed by atoms with Crippen LogP contribution in [-0.2, 0) is 20.0 Å². The molecular weight excluding hydrogens is 462 g/mol. The molecule has 0 amide bonds. The lowest BCUT2D eigenvalue weighted by atomic mass is 10.1. The van der Waals surface area contributed by atoms with E-state index in [2.05, 4.69) is 25.6 Å². The van der Waals surface area contributed by atoms with Gasteiger partial charge in [0.2, 0.25) is 10.0 Å². The molecule has 1 aliphatic heterocycles. The quantitative estimate of drug-likeness (QED) is 0.709. The Kier molecular flexibility index (Phi) is 5.85. The Morgan fingerprint density at radius 2 is 1.77 bits per heavy atom. The molecule has 1 saturated heterocycles. The topological polar surface area (TPSA) is 96.4 Å². The highest BCUT2D eigenvalue weighted by Gasteiger charge is 2.29. The number of benzene rings is 1. The molecule has 2 aromatic rings. The largest absolute Gasteiger partial charge is 0.259 e. The van der Waals surface area contributed by atoms with Crippen LogP contribution < -0.4 is 4.72 Å². The molecule has 3 rings (SSSR count). The fourth-order valence-electron chi connectivity index (χ4n) is 2.69. The first-order chi connectivity index (χ1) is 12.1. The molecule has 142 valence electrons.